The number of nitrogens with zero attached hydrogens (tertiary/aromatic N) is 1. The molecule has 0 saturated carbocycles. The second-order valence-electron chi connectivity index (χ2n) is 5.34. The van der Waals surface area contributed by atoms with Gasteiger partial charge in [0.1, 0.15) is 5.75 Å². The van der Waals surface area contributed by atoms with Crippen LogP contribution in [0.15, 0.2) is 36.5 Å². The minimum atomic E-state index is 0.788. The van der Waals surface area contributed by atoms with Crippen molar-refractivity contribution in [2.45, 2.75) is 39.0 Å². The first-order valence-electron chi connectivity index (χ1n) is 8.09. The number of unbranched alkanes of at least 4 members (excludes halogenated alkanes) is 3. The van der Waals surface area contributed by atoms with Crippen LogP contribution in [0, 0.1) is 0 Å². The molecule has 3 heteroatoms. The molecule has 0 unspecified atom stereocenters. The highest BCUT2D eigenvalue weighted by atomic mass is 16.5. The Balaban J connectivity index is 1.64. The van der Waals surface area contributed by atoms with Crippen molar-refractivity contribution in [2.24, 2.45) is 0 Å². The Kier molecular flexibility index (Phi) is 7.02. The number of nitrogens with one attached hydrogen (secondary N) is 1. The molecule has 0 radical (unpaired) electrons. The van der Waals surface area contributed by atoms with Crippen LogP contribution in [0.25, 0.3) is 10.9 Å². The number of hydrogen-bond acceptors (Lipinski definition) is 3. The number of fused-ring (bicyclic) bond motifs is 1. The quantitative estimate of drug-likeness (QED) is 0.665. The van der Waals surface area contributed by atoms with Crippen molar-refractivity contribution in [1.29, 1.82) is 0 Å². The van der Waals surface area contributed by atoms with E-state index in [1.807, 2.05) is 30.5 Å². The molecule has 1 N–H and O–H groups in total. The van der Waals surface area contributed by atoms with E-state index in [-0.39, 0.29) is 0 Å². The molecule has 1 aromatic heterocycles. The van der Waals surface area contributed by atoms with Crippen molar-refractivity contribution in [3.8, 4) is 5.75 Å². The molecule has 0 aliphatic rings. The maximum Gasteiger partial charge on any atom is 0.128 e. The van der Waals surface area contributed by atoms with Gasteiger partial charge in [-0.1, -0.05) is 25.8 Å². The van der Waals surface area contributed by atoms with E-state index >= 15 is 0 Å². The fourth-order valence-corrected chi connectivity index (χ4v) is 2.39. The summed E-state index contributed by atoms with van der Waals surface area (Å²) in [6.45, 7) is 5.27. The van der Waals surface area contributed by atoms with Gasteiger partial charge < -0.3 is 10.1 Å². The predicted octanol–water partition coefficient (Wildman–Crippen LogP) is 4.17. The average molecular weight is 286 g/mol. The molecule has 0 atom stereocenters. The lowest BCUT2D eigenvalue weighted by atomic mass is 10.2. The topological polar surface area (TPSA) is 34.1 Å². The number of hydrogen-bond donors (Lipinski definition) is 1. The summed E-state index contributed by atoms with van der Waals surface area (Å²) in [6, 6.07) is 10.1. The van der Waals surface area contributed by atoms with Gasteiger partial charge in [-0.2, -0.15) is 0 Å². The fraction of sp³-hybridized carbons (Fsp3) is 0.500. The van der Waals surface area contributed by atoms with Gasteiger partial charge in [-0.15, -0.1) is 0 Å². The van der Waals surface area contributed by atoms with Crippen molar-refractivity contribution in [1.82, 2.24) is 10.3 Å². The summed E-state index contributed by atoms with van der Waals surface area (Å²) >= 11 is 0. The van der Waals surface area contributed by atoms with Crippen LogP contribution in [0.2, 0.25) is 0 Å². The van der Waals surface area contributed by atoms with Crippen molar-refractivity contribution in [2.75, 3.05) is 19.7 Å². The fourth-order valence-electron chi connectivity index (χ4n) is 2.39. The van der Waals surface area contributed by atoms with Gasteiger partial charge in [-0.3, -0.25) is 4.98 Å². The first-order valence-corrected chi connectivity index (χ1v) is 8.09. The average Bonchev–Trinajstić information content (AvgIpc) is 2.53. The lowest BCUT2D eigenvalue weighted by molar-refractivity contribution is 0.308. The van der Waals surface area contributed by atoms with Crippen LogP contribution < -0.4 is 10.1 Å². The first kappa shape index (κ1) is 15.8. The van der Waals surface area contributed by atoms with Crippen LogP contribution in [-0.2, 0) is 0 Å². The van der Waals surface area contributed by atoms with Gasteiger partial charge in [0.05, 0.1) is 12.1 Å². The molecule has 0 aliphatic carbocycles. The molecule has 21 heavy (non-hydrogen) atoms. The zero-order chi connectivity index (χ0) is 14.8. The second kappa shape index (κ2) is 9.35. The molecule has 2 rings (SSSR count). The third-order valence-corrected chi connectivity index (χ3v) is 3.54. The minimum Gasteiger partial charge on any atom is -0.493 e. The molecule has 114 valence electrons. The Morgan fingerprint density at radius 1 is 1.00 bits per heavy atom. The molecule has 1 heterocycles. The summed E-state index contributed by atoms with van der Waals surface area (Å²) in [5.74, 6) is 0.949. The van der Waals surface area contributed by atoms with Crippen molar-refractivity contribution in [3.05, 3.63) is 36.5 Å². The van der Waals surface area contributed by atoms with E-state index in [2.05, 4.69) is 23.3 Å². The Bertz CT molecular complexity index is 522. The summed E-state index contributed by atoms with van der Waals surface area (Å²) in [5.41, 5.74) is 0.997. The van der Waals surface area contributed by atoms with E-state index in [0.29, 0.717) is 0 Å². The molecular weight excluding hydrogens is 260 g/mol. The Labute approximate surface area is 127 Å². The standard InChI is InChI=1S/C18H26N2O/c1-2-12-19-13-5-3-4-6-15-21-18-11-7-10-17-16(18)9-8-14-20-17/h7-11,14,19H,2-6,12-13,15H2,1H3. The van der Waals surface area contributed by atoms with E-state index in [0.717, 1.165) is 42.8 Å². The first-order chi connectivity index (χ1) is 10.4. The lowest BCUT2D eigenvalue weighted by Gasteiger charge is -2.09. The number of rotatable bonds is 10. The summed E-state index contributed by atoms with van der Waals surface area (Å²) in [7, 11) is 0. The zero-order valence-electron chi connectivity index (χ0n) is 13.0. The van der Waals surface area contributed by atoms with Crippen LogP contribution in [0.1, 0.15) is 39.0 Å². The summed E-state index contributed by atoms with van der Waals surface area (Å²) in [6.07, 6.45) is 7.92. The maximum absolute atomic E-state index is 5.91. The van der Waals surface area contributed by atoms with Crippen LogP contribution in [0.5, 0.6) is 5.75 Å². The SMILES string of the molecule is CCCNCCCCCCOc1cccc2ncccc12. The molecule has 0 spiro atoms. The molecular formula is C18H26N2O. The molecule has 0 fully saturated rings. The Morgan fingerprint density at radius 2 is 1.90 bits per heavy atom. The van der Waals surface area contributed by atoms with E-state index in [1.165, 1.54) is 25.7 Å². The maximum atomic E-state index is 5.91. The van der Waals surface area contributed by atoms with Gasteiger partial charge in [-0.25, -0.2) is 0 Å². The zero-order valence-corrected chi connectivity index (χ0v) is 13.0. The van der Waals surface area contributed by atoms with Gasteiger partial charge in [0.25, 0.3) is 0 Å². The van der Waals surface area contributed by atoms with Crippen molar-refractivity contribution >= 4 is 10.9 Å². The van der Waals surface area contributed by atoms with E-state index in [9.17, 15) is 0 Å². The summed E-state index contributed by atoms with van der Waals surface area (Å²) in [4.78, 5) is 4.35. The van der Waals surface area contributed by atoms with Gasteiger partial charge in [0.2, 0.25) is 0 Å². The molecule has 3 nitrogen and oxygen atoms in total. The lowest BCUT2D eigenvalue weighted by Crippen LogP contribution is -2.15. The molecule has 2 aromatic rings. The highest BCUT2D eigenvalue weighted by Gasteiger charge is 2.01. The normalized spacial score (nSPS) is 10.9. The number of ether oxygens (including phenoxy) is 1. The third kappa shape index (κ3) is 5.35. The van der Waals surface area contributed by atoms with Crippen LogP contribution >= 0.6 is 0 Å². The van der Waals surface area contributed by atoms with E-state index in [1.54, 1.807) is 0 Å². The van der Waals surface area contributed by atoms with Crippen LogP contribution in [0.4, 0.5) is 0 Å². The van der Waals surface area contributed by atoms with Crippen molar-refractivity contribution < 1.29 is 4.74 Å². The van der Waals surface area contributed by atoms with Gasteiger partial charge >= 0.3 is 0 Å². The molecule has 0 saturated heterocycles. The smallest absolute Gasteiger partial charge is 0.128 e. The molecule has 1 aromatic carbocycles. The summed E-state index contributed by atoms with van der Waals surface area (Å²) in [5, 5.41) is 4.53. The highest BCUT2D eigenvalue weighted by Crippen LogP contribution is 2.23. The van der Waals surface area contributed by atoms with Gasteiger partial charge in [0, 0.05) is 11.6 Å². The monoisotopic (exact) mass is 286 g/mol. The van der Waals surface area contributed by atoms with Crippen LogP contribution in [-0.4, -0.2) is 24.7 Å². The van der Waals surface area contributed by atoms with Crippen molar-refractivity contribution in [3.63, 3.8) is 0 Å². The Morgan fingerprint density at radius 3 is 2.81 bits per heavy atom. The van der Waals surface area contributed by atoms with Gasteiger partial charge in [0.15, 0.2) is 0 Å². The predicted molar refractivity (Wildman–Crippen MR) is 88.9 cm³/mol. The number of pyridine rings is 1. The molecule has 0 amide bonds. The van der Waals surface area contributed by atoms with Crippen LogP contribution in [0.3, 0.4) is 0 Å². The number of aromatic nitrogens is 1. The summed E-state index contributed by atoms with van der Waals surface area (Å²) < 4.78 is 5.91. The second-order valence-corrected chi connectivity index (χ2v) is 5.34. The largest absolute Gasteiger partial charge is 0.493 e. The number of benzene rings is 1. The third-order valence-electron chi connectivity index (χ3n) is 3.54. The van der Waals surface area contributed by atoms with E-state index < -0.39 is 0 Å². The van der Waals surface area contributed by atoms with Gasteiger partial charge in [-0.05, 0) is 56.6 Å². The molecule has 0 aliphatic heterocycles. The molecule has 0 bridgehead atoms. The Hall–Kier alpha value is -1.61. The van der Waals surface area contributed by atoms with E-state index in [4.69, 9.17) is 4.74 Å². The minimum absolute atomic E-state index is 0.788. The highest BCUT2D eigenvalue weighted by molar-refractivity contribution is 5.84.